The van der Waals surface area contributed by atoms with Crippen LogP contribution >= 0.6 is 35.1 Å². The molecule has 149 heavy (non-hydrogen) atoms. The van der Waals surface area contributed by atoms with Gasteiger partial charge in [0, 0.05) is 119 Å². The number of thioether (sulfide) groups is 2. The number of carbonyl (C=O) groups excluding carboxylic acids is 10. The van der Waals surface area contributed by atoms with E-state index in [2.05, 4.69) is 208 Å². The van der Waals surface area contributed by atoms with Gasteiger partial charge in [-0.1, -0.05) is 198 Å². The van der Waals surface area contributed by atoms with E-state index in [0.717, 1.165) is 71.0 Å². The average molecular weight is 2170 g/mol. The fourth-order valence-corrected chi connectivity index (χ4v) is 11.4. The summed E-state index contributed by atoms with van der Waals surface area (Å²) in [7, 11) is 0. The van der Waals surface area contributed by atoms with Gasteiger partial charge in [0.05, 0.1) is 81.4 Å². The third kappa shape index (κ3) is 132. The zero-order chi connectivity index (χ0) is 116. The summed E-state index contributed by atoms with van der Waals surface area (Å²) in [5.74, 6) is 5.08. The number of hydrogen-bond acceptors (Lipinski definition) is 29. The van der Waals surface area contributed by atoms with Gasteiger partial charge in [0.1, 0.15) is 39.6 Å². The summed E-state index contributed by atoms with van der Waals surface area (Å²) in [5.41, 5.74) is 2.40. The van der Waals surface area contributed by atoms with Crippen LogP contribution in [-0.2, 0) is 119 Å². The van der Waals surface area contributed by atoms with Crippen LogP contribution in [0, 0.1) is 53.3 Å². The Morgan fingerprint density at radius 2 is 0.678 bits per heavy atom. The van der Waals surface area contributed by atoms with Crippen molar-refractivity contribution in [3.05, 3.63) is 159 Å². The van der Waals surface area contributed by atoms with E-state index >= 15 is 0 Å². The first-order valence-corrected chi connectivity index (χ1v) is 55.4. The normalized spacial score (nSPS) is 12.1. The number of allylic oxidation sites excluding steroid dienone is 2. The van der Waals surface area contributed by atoms with Crippen molar-refractivity contribution in [2.75, 3.05) is 97.3 Å². The summed E-state index contributed by atoms with van der Waals surface area (Å²) in [4.78, 5) is 111. The van der Waals surface area contributed by atoms with Crippen molar-refractivity contribution in [3.63, 3.8) is 0 Å². The van der Waals surface area contributed by atoms with Gasteiger partial charge in [-0.25, -0.2) is 28.8 Å². The zero-order valence-electron chi connectivity index (χ0n) is 98.7. The third-order valence-corrected chi connectivity index (χ3v) is 21.0. The molecule has 3 aliphatic rings. The number of esters is 10. The lowest BCUT2D eigenvalue weighted by atomic mass is 10.1. The van der Waals surface area contributed by atoms with E-state index in [-0.39, 0.29) is 149 Å². The molecule has 3 fully saturated rings. The highest BCUT2D eigenvalue weighted by Gasteiger charge is 2.26. The van der Waals surface area contributed by atoms with Gasteiger partial charge in [0.2, 0.25) is 0 Å². The molecule has 0 spiro atoms. The van der Waals surface area contributed by atoms with Crippen LogP contribution in [-0.4, -0.2) is 224 Å². The van der Waals surface area contributed by atoms with Crippen molar-refractivity contribution in [1.82, 2.24) is 10.6 Å². The second-order valence-electron chi connectivity index (χ2n) is 40.2. The molecule has 2 unspecified atom stereocenters. The number of benzene rings is 2. The van der Waals surface area contributed by atoms with Crippen LogP contribution in [0.1, 0.15) is 312 Å². The maximum absolute atomic E-state index is 11.1. The minimum atomic E-state index is -0.509. The molecule has 2 N–H and O–H groups in total. The Kier molecular flexibility index (Phi) is 108. The summed E-state index contributed by atoms with van der Waals surface area (Å²) in [5, 5.41) is 7.01. The van der Waals surface area contributed by atoms with Crippen LogP contribution in [0.25, 0.3) is 0 Å². The molecule has 0 saturated heterocycles. The van der Waals surface area contributed by atoms with Crippen LogP contribution in [0.3, 0.4) is 0 Å². The van der Waals surface area contributed by atoms with Gasteiger partial charge in [-0.2, -0.15) is 0 Å². The van der Waals surface area contributed by atoms with Gasteiger partial charge < -0.3 is 81.7 Å². The minimum Gasteiger partial charge on any atom is -0.463 e. The molecule has 0 aromatic heterocycles. The molecule has 0 heterocycles. The fraction of sp³-hybridized carbons (Fsp3) is 0.681. The van der Waals surface area contributed by atoms with Gasteiger partial charge in [-0.05, 0) is 266 Å². The van der Waals surface area contributed by atoms with Crippen molar-refractivity contribution in [3.8, 4) is 0 Å². The van der Waals surface area contributed by atoms with Crippen molar-refractivity contribution in [1.29, 1.82) is 0 Å². The Labute approximate surface area is 917 Å². The molecule has 0 radical (unpaired) electrons. The fourth-order valence-electron chi connectivity index (χ4n) is 9.51. The largest absolute Gasteiger partial charge is 0.463 e. The molecular weight excluding hydrogens is 1960 g/mol. The number of halogens is 1. The lowest BCUT2D eigenvalue weighted by Crippen LogP contribution is -2.27. The number of rotatable bonds is 57. The van der Waals surface area contributed by atoms with Crippen molar-refractivity contribution < 1.29 is 119 Å². The monoisotopic (exact) mass is 2160 g/mol. The van der Waals surface area contributed by atoms with E-state index in [0.29, 0.717) is 112 Å². The molecule has 862 valence electrons. The first-order valence-electron chi connectivity index (χ1n) is 53.1. The molecular formula is C119H207ClN2O25S2. The highest BCUT2D eigenvalue weighted by molar-refractivity contribution is 7.99. The molecule has 3 aliphatic carbocycles. The van der Waals surface area contributed by atoms with Gasteiger partial charge in [-0.15, -0.1) is 30.1 Å². The molecule has 2 aromatic rings. The van der Waals surface area contributed by atoms with Crippen molar-refractivity contribution in [2.24, 2.45) is 53.3 Å². The third-order valence-electron chi connectivity index (χ3n) is 18.5. The lowest BCUT2D eigenvalue weighted by molar-refractivity contribution is -0.150. The minimum absolute atomic E-state index is 0.0781. The van der Waals surface area contributed by atoms with E-state index in [1.165, 1.54) is 53.9 Å². The maximum atomic E-state index is 11.1. The summed E-state index contributed by atoms with van der Waals surface area (Å²) >= 11 is 9.46. The summed E-state index contributed by atoms with van der Waals surface area (Å²) in [6.45, 7) is 101. The molecule has 30 heteroatoms. The lowest BCUT2D eigenvalue weighted by Gasteiger charge is -2.21. The van der Waals surface area contributed by atoms with Crippen LogP contribution in [0.15, 0.2) is 164 Å². The number of hydrogen-bond donors (Lipinski definition) is 2. The van der Waals surface area contributed by atoms with Crippen LogP contribution in [0.2, 0.25) is 5.02 Å². The molecule has 27 nitrogen and oxygen atoms in total. The van der Waals surface area contributed by atoms with Crippen molar-refractivity contribution >= 4 is 94.8 Å². The van der Waals surface area contributed by atoms with E-state index < -0.39 is 23.9 Å². The Hall–Kier alpha value is -8.23. The molecule has 0 bridgehead atoms. The standard InChI is InChI=1S/C15H23ClO2S.C15H24O2S.2C11H18O4.2C10H16O4.C9H17NO2.C8H15NO2.C7H14O.3C6H12.C5H10/c1-11(2)17-9-14(18-12(3)4)10-19-15-7-5-13(16)6-8-15;1-12(2)16-10-14(17-13(3)4)11-18-15-8-6-5-7-9-15;1-8(2)7-10(12)14-5-6-15-11(13)9(3)4;1-8(2)11(13)14-7-5-6-10(12)15-9(3)4;1-4-9(11)13-5-6-14-10(12)7-8(2)3;1-4-9(11)13-7-5-6-10(12)14-8(2)3;1-7(2)9(11)12-6-5-10-8(3)4;1-4-8(10)11-6-5-9-7(2)3;1-6(2)8-5-7-3-4-7;2*1-5(2)6-3-4-6;1-5(2)6(3)4;1-4-5(2)3/h5-8,11-12,14H,9-10H2,1-4H3;5-9,12-14H,10-11H2,1-4H3;8H,3,5-7H2,1-2,4H3;9H,1,5-7H2,2-4H3;2*4,8H,1,5-7H2,2-3H3;8,10H,1,5-6H2,2-4H3;4,7,9H,1,5-6H2,2-3H3;6-7H,3-5H2,1-2H3;2*5-6H,3-4H2,1-2H3;6H,1H2,2-4H3;4-5H,1H2,2-3H3. The number of ether oxygens (including phenoxy) is 15. The Morgan fingerprint density at radius 1 is 0.376 bits per heavy atom. The molecule has 2 atom stereocenters. The quantitative estimate of drug-likeness (QED) is 0.0155. The van der Waals surface area contributed by atoms with Gasteiger partial charge in [0.15, 0.2) is 0 Å². The summed E-state index contributed by atoms with van der Waals surface area (Å²) in [6.07, 6.45) is 17.7. The van der Waals surface area contributed by atoms with Crippen LogP contribution < -0.4 is 10.6 Å². The maximum Gasteiger partial charge on any atom is 0.333 e. The summed E-state index contributed by atoms with van der Waals surface area (Å²) < 4.78 is 76.3. The van der Waals surface area contributed by atoms with Gasteiger partial charge in [-0.3, -0.25) is 19.2 Å². The SMILES string of the molecule is C=C(C)C(=O)OCCCC(=O)OC(C)C.C=C(C)C(=O)OCCNC(C)C.C=C(C)C(=O)OCCOC(=O)CC(C)C.C=C(C)C(C)C.C=CC(=O)OCCCC(=O)OC(C)C.C=CC(=O)OCCNC(C)C.C=CC(=O)OCCOC(=O)CC(C)C.C=CC(C)C.CC(C)C1CC1.CC(C)C1CC1.CC(C)OCC(CSc1ccc(Cl)cc1)OC(C)C.CC(C)OCC(CSc1ccccc1)OC(C)C.CC(C)OCC1CC1. The van der Waals surface area contributed by atoms with E-state index in [1.807, 2.05) is 124 Å². The topological polar surface area (TPSA) is 333 Å². The predicted octanol–water partition coefficient (Wildman–Crippen LogP) is 26.7. The second kappa shape index (κ2) is 103. The Balaban J connectivity index is -0.000000245. The van der Waals surface area contributed by atoms with Crippen LogP contribution in [0.4, 0.5) is 0 Å². The molecule has 2 aromatic carbocycles. The first kappa shape index (κ1) is 156. The molecule has 0 amide bonds. The Morgan fingerprint density at radius 3 is 0.953 bits per heavy atom. The first-order chi connectivity index (χ1) is 69.5. The van der Waals surface area contributed by atoms with E-state index in [4.69, 9.17) is 73.2 Å². The highest BCUT2D eigenvalue weighted by atomic mass is 35.5. The Bertz CT molecular complexity index is 3690. The van der Waals surface area contributed by atoms with Crippen LogP contribution in [0.5, 0.6) is 0 Å². The highest BCUT2D eigenvalue weighted by Crippen LogP contribution is 2.37. The molecule has 3 saturated carbocycles. The van der Waals surface area contributed by atoms with Crippen molar-refractivity contribution in [2.45, 2.75) is 389 Å². The number of nitrogens with one attached hydrogen (secondary N) is 2. The smallest absolute Gasteiger partial charge is 0.333 e. The number of carbonyl (C=O) groups is 10. The second-order valence-corrected chi connectivity index (χ2v) is 42.9. The predicted molar refractivity (Wildman–Crippen MR) is 614 cm³/mol. The van der Waals surface area contributed by atoms with Gasteiger partial charge >= 0.3 is 59.7 Å². The molecule has 0 aliphatic heterocycles. The zero-order valence-corrected chi connectivity index (χ0v) is 101. The van der Waals surface area contributed by atoms with E-state index in [9.17, 15) is 47.9 Å². The average Bonchev–Trinajstić information content (AvgIpc) is 1.80. The van der Waals surface area contributed by atoms with Gasteiger partial charge in [0.25, 0.3) is 0 Å². The van der Waals surface area contributed by atoms with E-state index in [1.54, 1.807) is 60.2 Å². The summed E-state index contributed by atoms with van der Waals surface area (Å²) in [6, 6.07) is 19.1. The molecule has 5 rings (SSSR count).